The quantitative estimate of drug-likeness (QED) is 0.621. The van der Waals surface area contributed by atoms with E-state index in [1.54, 1.807) is 11.8 Å². The van der Waals surface area contributed by atoms with E-state index in [0.29, 0.717) is 18.6 Å². The first-order chi connectivity index (χ1) is 12.3. The molecule has 7 nitrogen and oxygen atoms in total. The van der Waals surface area contributed by atoms with Crippen LogP contribution < -0.4 is 10.3 Å². The molecule has 1 atom stereocenters. The van der Waals surface area contributed by atoms with Crippen LogP contribution in [0.3, 0.4) is 0 Å². The smallest absolute Gasteiger partial charge is 0.240 e. The largest absolute Gasteiger partial charge is 0.312 e. The van der Waals surface area contributed by atoms with E-state index >= 15 is 0 Å². The highest BCUT2D eigenvalue weighted by molar-refractivity contribution is 7.91. The minimum absolute atomic E-state index is 0.0784. The number of carbonyl (C=O) groups is 2. The minimum Gasteiger partial charge on any atom is -0.312 e. The normalized spacial score (nSPS) is 22.7. The van der Waals surface area contributed by atoms with Crippen LogP contribution in [0, 0.1) is 5.92 Å². The van der Waals surface area contributed by atoms with Crippen LogP contribution in [0.2, 0.25) is 0 Å². The van der Waals surface area contributed by atoms with Crippen molar-refractivity contribution in [3.8, 4) is 0 Å². The Bertz CT molecular complexity index is 848. The van der Waals surface area contributed by atoms with Crippen molar-refractivity contribution in [2.24, 2.45) is 11.0 Å². The summed E-state index contributed by atoms with van der Waals surface area (Å²) in [6.07, 6.45) is 2.13. The maximum absolute atomic E-state index is 12.0. The van der Waals surface area contributed by atoms with Crippen LogP contribution in [-0.2, 0) is 19.4 Å². The molecule has 0 saturated carbocycles. The zero-order valence-electron chi connectivity index (χ0n) is 14.8. The molecule has 2 fully saturated rings. The number of nitrogens with one attached hydrogen (secondary N) is 1. The first kappa shape index (κ1) is 18.6. The van der Waals surface area contributed by atoms with Crippen molar-refractivity contribution < 1.29 is 18.0 Å². The van der Waals surface area contributed by atoms with Crippen molar-refractivity contribution in [2.75, 3.05) is 23.0 Å². The van der Waals surface area contributed by atoms with E-state index < -0.39 is 9.84 Å². The van der Waals surface area contributed by atoms with Crippen LogP contribution in [0.5, 0.6) is 0 Å². The highest BCUT2D eigenvalue weighted by Gasteiger charge is 2.29. The van der Waals surface area contributed by atoms with Crippen LogP contribution >= 0.6 is 0 Å². The standard InChI is InChI=1S/C18H23N3O4S/c1-13(19-20-17(22)10-14-7-9-26(24,25)12-14)15-4-2-5-16(11-15)21-8-3-6-18(21)23/h2,4-5,11,14H,3,6-10,12H2,1H3,(H,20,22)/b19-13-/t14-/m1/s1. The summed E-state index contributed by atoms with van der Waals surface area (Å²) < 4.78 is 22.9. The summed E-state index contributed by atoms with van der Waals surface area (Å²) >= 11 is 0. The van der Waals surface area contributed by atoms with Crippen LogP contribution in [0.15, 0.2) is 29.4 Å². The summed E-state index contributed by atoms with van der Waals surface area (Å²) in [7, 11) is -2.98. The predicted molar refractivity (Wildman–Crippen MR) is 99.8 cm³/mol. The van der Waals surface area contributed by atoms with Gasteiger partial charge in [0.05, 0.1) is 17.2 Å². The summed E-state index contributed by atoms with van der Waals surface area (Å²) in [5.41, 5.74) is 4.80. The molecule has 2 aliphatic rings. The van der Waals surface area contributed by atoms with Gasteiger partial charge in [-0.05, 0) is 43.4 Å². The lowest BCUT2D eigenvalue weighted by molar-refractivity contribution is -0.121. The number of hydrogen-bond acceptors (Lipinski definition) is 5. The van der Waals surface area contributed by atoms with Gasteiger partial charge < -0.3 is 4.90 Å². The Morgan fingerprint density at radius 3 is 2.85 bits per heavy atom. The third-order valence-corrected chi connectivity index (χ3v) is 6.64. The number of hydrazone groups is 1. The molecule has 2 aliphatic heterocycles. The van der Waals surface area contributed by atoms with Gasteiger partial charge >= 0.3 is 0 Å². The van der Waals surface area contributed by atoms with E-state index in [1.165, 1.54) is 0 Å². The molecule has 1 N–H and O–H groups in total. The van der Waals surface area contributed by atoms with Crippen molar-refractivity contribution in [3.05, 3.63) is 29.8 Å². The van der Waals surface area contributed by atoms with Crippen molar-refractivity contribution >= 4 is 33.1 Å². The number of anilines is 1. The lowest BCUT2D eigenvalue weighted by atomic mass is 10.1. The topological polar surface area (TPSA) is 95.9 Å². The van der Waals surface area contributed by atoms with E-state index in [9.17, 15) is 18.0 Å². The predicted octanol–water partition coefficient (Wildman–Crippen LogP) is 1.48. The van der Waals surface area contributed by atoms with Gasteiger partial charge in [-0.15, -0.1) is 0 Å². The summed E-state index contributed by atoms with van der Waals surface area (Å²) in [6.45, 7) is 2.50. The van der Waals surface area contributed by atoms with Crippen molar-refractivity contribution in [1.29, 1.82) is 0 Å². The summed E-state index contributed by atoms with van der Waals surface area (Å²) in [6, 6.07) is 7.51. The van der Waals surface area contributed by atoms with Gasteiger partial charge in [-0.2, -0.15) is 5.10 Å². The summed E-state index contributed by atoms with van der Waals surface area (Å²) in [5, 5.41) is 4.12. The second-order valence-electron chi connectivity index (χ2n) is 6.90. The molecule has 3 rings (SSSR count). The first-order valence-electron chi connectivity index (χ1n) is 8.78. The molecule has 8 heteroatoms. The molecule has 0 unspecified atom stereocenters. The highest BCUT2D eigenvalue weighted by atomic mass is 32.2. The number of rotatable bonds is 5. The van der Waals surface area contributed by atoms with E-state index in [1.807, 2.05) is 24.3 Å². The first-order valence-corrected chi connectivity index (χ1v) is 10.6. The van der Waals surface area contributed by atoms with Gasteiger partial charge in [0.1, 0.15) is 0 Å². The fourth-order valence-electron chi connectivity index (χ4n) is 3.37. The fourth-order valence-corrected chi connectivity index (χ4v) is 5.23. The zero-order chi connectivity index (χ0) is 18.7. The second-order valence-corrected chi connectivity index (χ2v) is 9.13. The molecular formula is C18H23N3O4S. The van der Waals surface area contributed by atoms with Gasteiger partial charge in [0.15, 0.2) is 9.84 Å². The number of amides is 2. The number of sulfone groups is 1. The molecule has 26 heavy (non-hydrogen) atoms. The Labute approximate surface area is 153 Å². The maximum atomic E-state index is 12.0. The van der Waals surface area contributed by atoms with Crippen molar-refractivity contribution in [3.63, 3.8) is 0 Å². The Hall–Kier alpha value is -2.22. The third-order valence-electron chi connectivity index (χ3n) is 4.80. The molecule has 2 amide bonds. The van der Waals surface area contributed by atoms with Crippen molar-refractivity contribution in [1.82, 2.24) is 5.43 Å². The maximum Gasteiger partial charge on any atom is 0.240 e. The van der Waals surface area contributed by atoms with E-state index in [4.69, 9.17) is 0 Å². The zero-order valence-corrected chi connectivity index (χ0v) is 15.6. The molecule has 2 heterocycles. The van der Waals surface area contributed by atoms with E-state index in [2.05, 4.69) is 10.5 Å². The minimum atomic E-state index is -2.98. The Balaban J connectivity index is 1.61. The third kappa shape index (κ3) is 4.49. The van der Waals surface area contributed by atoms with Gasteiger partial charge in [-0.25, -0.2) is 13.8 Å². The van der Waals surface area contributed by atoms with Gasteiger partial charge in [-0.3, -0.25) is 9.59 Å². The fraction of sp³-hybridized carbons (Fsp3) is 0.500. The molecule has 0 radical (unpaired) electrons. The van der Waals surface area contributed by atoms with Crippen molar-refractivity contribution in [2.45, 2.75) is 32.6 Å². The van der Waals surface area contributed by atoms with Crippen LogP contribution in [0.25, 0.3) is 0 Å². The number of hydrogen-bond donors (Lipinski definition) is 1. The molecule has 0 bridgehead atoms. The van der Waals surface area contributed by atoms with Gasteiger partial charge in [0, 0.05) is 25.1 Å². The monoisotopic (exact) mass is 377 g/mol. The molecule has 1 aromatic carbocycles. The average Bonchev–Trinajstić information content (AvgIpc) is 3.17. The molecule has 0 aliphatic carbocycles. The number of carbonyl (C=O) groups excluding carboxylic acids is 2. The second kappa shape index (κ2) is 7.57. The number of benzene rings is 1. The Kier molecular flexibility index (Phi) is 5.41. The lowest BCUT2D eigenvalue weighted by Gasteiger charge is -2.16. The van der Waals surface area contributed by atoms with Crippen LogP contribution in [0.1, 0.15) is 38.2 Å². The lowest BCUT2D eigenvalue weighted by Crippen LogP contribution is -2.24. The number of nitrogens with zero attached hydrogens (tertiary/aromatic N) is 2. The Morgan fingerprint density at radius 2 is 2.19 bits per heavy atom. The van der Waals surface area contributed by atoms with Gasteiger partial charge in [0.2, 0.25) is 11.8 Å². The average molecular weight is 377 g/mol. The molecule has 0 spiro atoms. The summed E-state index contributed by atoms with van der Waals surface area (Å²) in [5.74, 6) is -0.0431. The van der Waals surface area contributed by atoms with E-state index in [-0.39, 0.29) is 35.7 Å². The van der Waals surface area contributed by atoms with E-state index in [0.717, 1.165) is 24.2 Å². The van der Waals surface area contributed by atoms with Gasteiger partial charge in [-0.1, -0.05) is 12.1 Å². The molecule has 2 saturated heterocycles. The molecule has 140 valence electrons. The van der Waals surface area contributed by atoms with Crippen LogP contribution in [-0.4, -0.2) is 44.0 Å². The molecule has 1 aromatic rings. The highest BCUT2D eigenvalue weighted by Crippen LogP contribution is 2.23. The van der Waals surface area contributed by atoms with Crippen LogP contribution in [0.4, 0.5) is 5.69 Å². The van der Waals surface area contributed by atoms with Gasteiger partial charge in [0.25, 0.3) is 0 Å². The molecule has 0 aromatic heterocycles. The Morgan fingerprint density at radius 1 is 1.38 bits per heavy atom. The molecular weight excluding hydrogens is 354 g/mol. The summed E-state index contributed by atoms with van der Waals surface area (Å²) in [4.78, 5) is 25.6. The SMILES string of the molecule is C/C(=N/NC(=O)C[C@H]1CCS(=O)(=O)C1)c1cccc(N2CCCC2=O)c1.